The zero-order valence-corrected chi connectivity index (χ0v) is 26.6. The highest BCUT2D eigenvalue weighted by atomic mass is 19.1. The zero-order valence-electron chi connectivity index (χ0n) is 26.6. The smallest absolute Gasteiger partial charge is 0.414 e. The van der Waals surface area contributed by atoms with E-state index in [0.717, 1.165) is 6.42 Å². The van der Waals surface area contributed by atoms with Gasteiger partial charge in [0.05, 0.1) is 13.2 Å². The molecule has 0 radical (unpaired) electrons. The summed E-state index contributed by atoms with van der Waals surface area (Å²) in [5, 5.41) is 19.1. The second kappa shape index (κ2) is 26.9. The molecule has 242 valence electrons. The normalized spacial score (nSPS) is 14.0. The molecule has 2 atom stereocenters. The van der Waals surface area contributed by atoms with Gasteiger partial charge in [-0.15, -0.1) is 0 Å². The van der Waals surface area contributed by atoms with Crippen molar-refractivity contribution in [2.45, 2.75) is 67.1 Å². The van der Waals surface area contributed by atoms with E-state index in [-0.39, 0.29) is 32.9 Å². The Balaban J connectivity index is 0. The summed E-state index contributed by atoms with van der Waals surface area (Å²) in [6.07, 6.45) is 5.11. The van der Waals surface area contributed by atoms with E-state index in [1.165, 1.54) is 35.2 Å². The number of aliphatic hydroxyl groups is 1. The van der Waals surface area contributed by atoms with E-state index in [2.05, 4.69) is 0 Å². The molecule has 0 saturated carbocycles. The number of aromatic hydroxyl groups is 1. The van der Waals surface area contributed by atoms with Crippen LogP contribution in [0, 0.1) is 5.82 Å². The first-order chi connectivity index (χ1) is 20.7. The van der Waals surface area contributed by atoms with Crippen LogP contribution in [-0.2, 0) is 14.3 Å². The van der Waals surface area contributed by atoms with Crippen LogP contribution >= 0.6 is 0 Å². The predicted octanol–water partition coefficient (Wildman–Crippen LogP) is 7.28. The highest BCUT2D eigenvalue weighted by Crippen LogP contribution is 2.23. The van der Waals surface area contributed by atoms with Crippen molar-refractivity contribution in [2.75, 3.05) is 37.8 Å². The number of aliphatic hydroxyl groups excluding tert-OH is 1. The molecule has 0 aromatic heterocycles. The standard InChI is InChI=1S/C19H25FN2O5.C6H6O.C4H7F.2C2H6/c1-3-5-10-21(13-18(24)26-4-2)11-16(23)17-12-22(19(25)27-17)15-8-6-14(20)7-9-15;7-6-4-2-1-3-5-6;1-2-3-4-5;2*1-2/h5-10,16-17,23H,3-4,11-13H2,1-2H3;1-5,7H;2-3H,4H2,1H3;2*1-2H3/b10-5+;;3-2-;;. The molecule has 0 aliphatic carbocycles. The zero-order chi connectivity index (χ0) is 33.0. The molecule has 1 aliphatic rings. The number of allylic oxidation sites excluding steroid dienone is 3. The van der Waals surface area contributed by atoms with Gasteiger partial charge in [0, 0.05) is 12.2 Å². The lowest BCUT2D eigenvalue weighted by Crippen LogP contribution is -2.41. The number of hydrogen-bond donors (Lipinski definition) is 2. The third-order valence-electron chi connectivity index (χ3n) is 5.09. The average molecular weight is 609 g/mol. The van der Waals surface area contributed by atoms with Gasteiger partial charge in [-0.1, -0.05) is 71.0 Å². The summed E-state index contributed by atoms with van der Waals surface area (Å²) < 4.78 is 34.2. The Bertz CT molecular complexity index is 1020. The number of hydrogen-bond acceptors (Lipinski definition) is 7. The van der Waals surface area contributed by atoms with Gasteiger partial charge in [-0.2, -0.15) is 0 Å². The molecule has 2 aromatic carbocycles. The van der Waals surface area contributed by atoms with Gasteiger partial charge in [0.15, 0.2) is 0 Å². The fraction of sp³-hybridized carbons (Fsp3) is 0.455. The van der Waals surface area contributed by atoms with Crippen LogP contribution in [0.1, 0.15) is 54.9 Å². The number of phenolic OH excluding ortho intramolecular Hbond substituents is 1. The Morgan fingerprint density at radius 1 is 1.09 bits per heavy atom. The van der Waals surface area contributed by atoms with Crippen LogP contribution in [0.25, 0.3) is 0 Å². The third-order valence-corrected chi connectivity index (χ3v) is 5.09. The topological polar surface area (TPSA) is 99.5 Å². The fourth-order valence-electron chi connectivity index (χ4n) is 3.20. The van der Waals surface area contributed by atoms with Crippen molar-refractivity contribution in [3.8, 4) is 5.75 Å². The molecule has 10 heteroatoms. The maximum atomic E-state index is 13.1. The number of esters is 1. The third kappa shape index (κ3) is 19.0. The molecule has 1 saturated heterocycles. The molecular formula is C33H50F2N2O6. The number of alkyl halides is 1. The van der Waals surface area contributed by atoms with Gasteiger partial charge in [0.2, 0.25) is 0 Å². The van der Waals surface area contributed by atoms with Gasteiger partial charge in [0.1, 0.15) is 37.0 Å². The molecule has 3 rings (SSSR count). The molecule has 2 N–H and O–H groups in total. The summed E-state index contributed by atoms with van der Waals surface area (Å²) in [6, 6.07) is 14.2. The minimum atomic E-state index is -1.00. The number of para-hydroxylation sites is 1. The van der Waals surface area contributed by atoms with Crippen molar-refractivity contribution in [1.29, 1.82) is 0 Å². The first kappa shape index (κ1) is 41.2. The number of nitrogens with zero attached hydrogens (tertiary/aromatic N) is 2. The summed E-state index contributed by atoms with van der Waals surface area (Å²) >= 11 is 0. The Kier molecular flexibility index (Phi) is 25.8. The Morgan fingerprint density at radius 3 is 2.14 bits per heavy atom. The molecule has 1 amide bonds. The summed E-state index contributed by atoms with van der Waals surface area (Å²) in [4.78, 5) is 26.8. The first-order valence-electron chi connectivity index (χ1n) is 14.6. The monoisotopic (exact) mass is 608 g/mol. The number of carbonyl (C=O) groups excluding carboxylic acids is 2. The van der Waals surface area contributed by atoms with Crippen molar-refractivity contribution in [2.24, 2.45) is 0 Å². The van der Waals surface area contributed by atoms with Crippen LogP contribution < -0.4 is 4.90 Å². The van der Waals surface area contributed by atoms with Crippen molar-refractivity contribution in [1.82, 2.24) is 4.90 Å². The Hall–Kier alpha value is -3.92. The first-order valence-corrected chi connectivity index (χ1v) is 14.6. The second-order valence-corrected chi connectivity index (χ2v) is 8.16. The SMILES string of the molecule is C/C=C\CF.CC.CC.CC/C=C/N(CC(=O)OCC)CC(O)C1CN(c2ccc(F)cc2)C(=O)O1.Oc1ccccc1. The predicted molar refractivity (Wildman–Crippen MR) is 169 cm³/mol. The van der Waals surface area contributed by atoms with Crippen LogP contribution in [0.3, 0.4) is 0 Å². The molecule has 43 heavy (non-hydrogen) atoms. The van der Waals surface area contributed by atoms with E-state index in [1.807, 2.05) is 46.8 Å². The number of ether oxygens (including phenoxy) is 2. The highest BCUT2D eigenvalue weighted by Gasteiger charge is 2.37. The molecular weight excluding hydrogens is 558 g/mol. The largest absolute Gasteiger partial charge is 0.508 e. The van der Waals surface area contributed by atoms with Gasteiger partial charge in [0.25, 0.3) is 0 Å². The van der Waals surface area contributed by atoms with Gasteiger partial charge >= 0.3 is 12.1 Å². The Labute approximate surface area is 256 Å². The number of amides is 1. The van der Waals surface area contributed by atoms with Crippen LogP contribution in [0.5, 0.6) is 5.75 Å². The maximum Gasteiger partial charge on any atom is 0.414 e. The number of rotatable bonds is 10. The fourth-order valence-corrected chi connectivity index (χ4v) is 3.20. The molecule has 2 aromatic rings. The molecule has 0 spiro atoms. The van der Waals surface area contributed by atoms with Crippen LogP contribution in [-0.4, -0.2) is 72.3 Å². The lowest BCUT2D eigenvalue weighted by molar-refractivity contribution is -0.144. The minimum absolute atomic E-state index is 0.0102. The molecule has 0 bridgehead atoms. The molecule has 1 aliphatic heterocycles. The van der Waals surface area contributed by atoms with Gasteiger partial charge in [-0.05, 0) is 62.9 Å². The number of carbonyl (C=O) groups is 2. The van der Waals surface area contributed by atoms with Gasteiger partial charge in [-0.25, -0.2) is 13.6 Å². The summed E-state index contributed by atoms with van der Waals surface area (Å²) in [5.41, 5.74) is 0.491. The van der Waals surface area contributed by atoms with Gasteiger partial charge in [-0.3, -0.25) is 9.69 Å². The summed E-state index contributed by atoms with van der Waals surface area (Å²) in [7, 11) is 0. The van der Waals surface area contributed by atoms with E-state index in [1.54, 1.807) is 55.3 Å². The number of benzene rings is 2. The summed E-state index contributed by atoms with van der Waals surface area (Å²) in [6.45, 7) is 13.6. The highest BCUT2D eigenvalue weighted by molar-refractivity contribution is 5.89. The number of halogens is 2. The van der Waals surface area contributed by atoms with E-state index in [4.69, 9.17) is 14.6 Å². The quantitative estimate of drug-likeness (QED) is 0.216. The van der Waals surface area contributed by atoms with Crippen molar-refractivity contribution in [3.05, 3.63) is 84.8 Å². The van der Waals surface area contributed by atoms with Gasteiger partial charge < -0.3 is 24.6 Å². The van der Waals surface area contributed by atoms with Crippen LogP contribution in [0.2, 0.25) is 0 Å². The second-order valence-electron chi connectivity index (χ2n) is 8.16. The minimum Gasteiger partial charge on any atom is -0.508 e. The molecule has 1 fully saturated rings. The van der Waals surface area contributed by atoms with Crippen LogP contribution in [0.4, 0.5) is 19.3 Å². The average Bonchev–Trinajstić information content (AvgIpc) is 3.41. The van der Waals surface area contributed by atoms with E-state index < -0.39 is 30.1 Å². The Morgan fingerprint density at radius 2 is 1.70 bits per heavy atom. The maximum absolute atomic E-state index is 13.1. The summed E-state index contributed by atoms with van der Waals surface area (Å²) in [5.74, 6) is -0.482. The number of anilines is 1. The number of cyclic esters (lactones) is 1. The van der Waals surface area contributed by atoms with E-state index >= 15 is 0 Å². The van der Waals surface area contributed by atoms with E-state index in [9.17, 15) is 23.5 Å². The molecule has 8 nitrogen and oxygen atoms in total. The lowest BCUT2D eigenvalue weighted by atomic mass is 10.2. The van der Waals surface area contributed by atoms with Crippen LogP contribution in [0.15, 0.2) is 79.0 Å². The number of phenols is 1. The van der Waals surface area contributed by atoms with Crippen molar-refractivity contribution >= 4 is 17.7 Å². The van der Waals surface area contributed by atoms with Crippen molar-refractivity contribution < 1.29 is 38.1 Å². The molecule has 2 unspecified atom stereocenters. The van der Waals surface area contributed by atoms with Crippen molar-refractivity contribution in [3.63, 3.8) is 0 Å². The van der Waals surface area contributed by atoms with E-state index in [0.29, 0.717) is 11.4 Å². The lowest BCUT2D eigenvalue weighted by Gasteiger charge is -2.25. The molecule has 1 heterocycles.